The maximum Gasteiger partial charge on any atom is 0.243 e. The number of halogens is 1. The van der Waals surface area contributed by atoms with Gasteiger partial charge in [0.1, 0.15) is 17.6 Å². The van der Waals surface area contributed by atoms with E-state index in [1.807, 2.05) is 25.1 Å². The van der Waals surface area contributed by atoms with Crippen LogP contribution in [0.2, 0.25) is 0 Å². The number of benzene rings is 3. The summed E-state index contributed by atoms with van der Waals surface area (Å²) in [7, 11) is 0. The van der Waals surface area contributed by atoms with Crippen molar-refractivity contribution in [3.05, 3.63) is 88.2 Å². The fourth-order valence-corrected chi connectivity index (χ4v) is 5.16. The monoisotopic (exact) mass is 473 g/mol. The van der Waals surface area contributed by atoms with Crippen LogP contribution in [-0.2, 0) is 22.4 Å². The number of phenolic OH excluding ortho intramolecular Hbond substituents is 1. The number of phenols is 1. The van der Waals surface area contributed by atoms with Gasteiger partial charge in [-0.25, -0.2) is 4.39 Å². The van der Waals surface area contributed by atoms with Crippen LogP contribution < -0.4 is 15.5 Å². The van der Waals surface area contributed by atoms with Gasteiger partial charge in [-0.3, -0.25) is 9.59 Å². The third-order valence-electron chi connectivity index (χ3n) is 6.93. The Hall–Kier alpha value is -3.87. The molecule has 2 unspecified atom stereocenters. The minimum atomic E-state index is -0.429. The maximum absolute atomic E-state index is 13.3. The quantitative estimate of drug-likeness (QED) is 0.525. The van der Waals surface area contributed by atoms with Crippen molar-refractivity contribution in [1.29, 1.82) is 0 Å². The summed E-state index contributed by atoms with van der Waals surface area (Å²) in [4.78, 5) is 27.3. The molecule has 2 heterocycles. The van der Waals surface area contributed by atoms with Crippen LogP contribution in [0.4, 0.5) is 15.8 Å². The smallest absolute Gasteiger partial charge is 0.243 e. The van der Waals surface area contributed by atoms with E-state index >= 15 is 0 Å². The topological polar surface area (TPSA) is 81.7 Å². The van der Waals surface area contributed by atoms with Gasteiger partial charge < -0.3 is 20.6 Å². The molecule has 3 aromatic rings. The highest BCUT2D eigenvalue weighted by atomic mass is 19.1. The van der Waals surface area contributed by atoms with Crippen LogP contribution in [0.3, 0.4) is 0 Å². The third-order valence-corrected chi connectivity index (χ3v) is 6.93. The first-order valence-electron chi connectivity index (χ1n) is 11.8. The van der Waals surface area contributed by atoms with Gasteiger partial charge in [0.15, 0.2) is 0 Å². The molecule has 0 aliphatic carbocycles. The molecule has 35 heavy (non-hydrogen) atoms. The summed E-state index contributed by atoms with van der Waals surface area (Å²) in [6.07, 6.45) is 1.78. The zero-order chi connectivity index (χ0) is 24.7. The normalized spacial score (nSPS) is 18.4. The maximum atomic E-state index is 13.3. The SMILES string of the molecule is CC(=O)N1CCC(NC(=O)C2Cc3c(C)cc(O)cc3N2)c2cc(Cc3ccc(F)cc3)ccc21. The van der Waals surface area contributed by atoms with Crippen molar-refractivity contribution in [2.75, 3.05) is 16.8 Å². The number of hydrogen-bond acceptors (Lipinski definition) is 4. The molecule has 0 saturated carbocycles. The number of nitrogens with one attached hydrogen (secondary N) is 2. The van der Waals surface area contributed by atoms with Gasteiger partial charge in [0.2, 0.25) is 11.8 Å². The summed E-state index contributed by atoms with van der Waals surface area (Å²) in [6.45, 7) is 4.00. The molecule has 180 valence electrons. The van der Waals surface area contributed by atoms with Crippen molar-refractivity contribution >= 4 is 23.2 Å². The molecule has 6 nitrogen and oxygen atoms in total. The summed E-state index contributed by atoms with van der Waals surface area (Å²) < 4.78 is 13.3. The van der Waals surface area contributed by atoms with Crippen LogP contribution in [0.5, 0.6) is 5.75 Å². The molecule has 0 radical (unpaired) electrons. The van der Waals surface area contributed by atoms with Gasteiger partial charge in [-0.05, 0) is 71.8 Å². The number of carbonyl (C=O) groups excluding carboxylic acids is 2. The molecule has 0 fully saturated rings. The molecule has 2 atom stereocenters. The lowest BCUT2D eigenvalue weighted by atomic mass is 9.92. The number of carbonyl (C=O) groups is 2. The molecular weight excluding hydrogens is 445 g/mol. The van der Waals surface area contributed by atoms with Gasteiger partial charge in [-0.1, -0.05) is 24.3 Å². The Morgan fingerprint density at radius 1 is 1.11 bits per heavy atom. The first kappa shape index (κ1) is 22.9. The minimum Gasteiger partial charge on any atom is -0.508 e. The highest BCUT2D eigenvalue weighted by Gasteiger charge is 2.33. The molecule has 5 rings (SSSR count). The molecular formula is C28H28FN3O3. The molecule has 0 saturated heterocycles. The van der Waals surface area contributed by atoms with Gasteiger partial charge in [-0.2, -0.15) is 0 Å². The molecule has 0 bridgehead atoms. The molecule has 0 aromatic heterocycles. The van der Waals surface area contributed by atoms with Crippen LogP contribution in [0.1, 0.15) is 47.2 Å². The average molecular weight is 474 g/mol. The lowest BCUT2D eigenvalue weighted by Crippen LogP contribution is -2.44. The van der Waals surface area contributed by atoms with Crippen LogP contribution in [0, 0.1) is 12.7 Å². The first-order chi connectivity index (χ1) is 16.8. The number of anilines is 2. The minimum absolute atomic E-state index is 0.0366. The van der Waals surface area contributed by atoms with E-state index in [4.69, 9.17) is 0 Å². The zero-order valence-electron chi connectivity index (χ0n) is 19.8. The molecule has 3 N–H and O–H groups in total. The Balaban J connectivity index is 1.38. The number of hydrogen-bond donors (Lipinski definition) is 3. The molecule has 2 aliphatic heterocycles. The van der Waals surface area contributed by atoms with Gasteiger partial charge in [0.25, 0.3) is 0 Å². The van der Waals surface area contributed by atoms with E-state index in [0.717, 1.165) is 39.2 Å². The van der Waals surface area contributed by atoms with Crippen molar-refractivity contribution in [1.82, 2.24) is 5.32 Å². The number of aryl methyl sites for hydroxylation is 1. The molecule has 2 aliphatic rings. The van der Waals surface area contributed by atoms with E-state index in [0.29, 0.717) is 25.8 Å². The fraction of sp³-hybridized carbons (Fsp3) is 0.286. The summed E-state index contributed by atoms with van der Waals surface area (Å²) >= 11 is 0. The van der Waals surface area contributed by atoms with Gasteiger partial charge in [0, 0.05) is 37.3 Å². The van der Waals surface area contributed by atoms with E-state index in [2.05, 4.69) is 10.6 Å². The van der Waals surface area contributed by atoms with Crippen LogP contribution in [-0.4, -0.2) is 29.5 Å². The summed E-state index contributed by atoms with van der Waals surface area (Å²) in [5, 5.41) is 16.3. The van der Waals surface area contributed by atoms with Crippen LogP contribution >= 0.6 is 0 Å². The molecule has 3 aromatic carbocycles. The van der Waals surface area contributed by atoms with Gasteiger partial charge in [0.05, 0.1) is 6.04 Å². The standard InChI is InChI=1S/C28H28FN3O3/c1-16-11-21(34)14-25-22(16)15-26(30-25)28(35)31-24-9-10-32(17(2)33)27-8-5-19(13-23(24)27)12-18-3-6-20(29)7-4-18/h3-8,11,13-14,24,26,30,34H,9-10,12,15H2,1-2H3,(H,31,35). The highest BCUT2D eigenvalue weighted by Crippen LogP contribution is 2.36. The van der Waals surface area contributed by atoms with Crippen molar-refractivity contribution < 1.29 is 19.1 Å². The number of aromatic hydroxyl groups is 1. The largest absolute Gasteiger partial charge is 0.508 e. The zero-order valence-corrected chi connectivity index (χ0v) is 19.8. The molecule has 7 heteroatoms. The molecule has 0 spiro atoms. The Morgan fingerprint density at radius 3 is 2.60 bits per heavy atom. The van der Waals surface area contributed by atoms with Crippen molar-refractivity contribution in [3.8, 4) is 5.75 Å². The first-order valence-corrected chi connectivity index (χ1v) is 11.8. The fourth-order valence-electron chi connectivity index (χ4n) is 5.16. The second-order valence-electron chi connectivity index (χ2n) is 9.41. The number of rotatable bonds is 4. The number of fused-ring (bicyclic) bond motifs is 2. The average Bonchev–Trinajstić information content (AvgIpc) is 3.25. The van der Waals surface area contributed by atoms with Gasteiger partial charge in [-0.15, -0.1) is 0 Å². The summed E-state index contributed by atoms with van der Waals surface area (Å²) in [5.41, 5.74) is 6.50. The van der Waals surface area contributed by atoms with Crippen LogP contribution in [0.15, 0.2) is 54.6 Å². The van der Waals surface area contributed by atoms with Crippen molar-refractivity contribution in [2.24, 2.45) is 0 Å². The predicted octanol–water partition coefficient (Wildman–Crippen LogP) is 4.38. The number of amides is 2. The van der Waals surface area contributed by atoms with Crippen LogP contribution in [0.25, 0.3) is 0 Å². The molecule has 2 amide bonds. The Kier molecular flexibility index (Phi) is 5.93. The second kappa shape index (κ2) is 9.06. The number of nitrogens with zero attached hydrogens (tertiary/aromatic N) is 1. The van der Waals surface area contributed by atoms with E-state index in [-0.39, 0.29) is 29.4 Å². The Morgan fingerprint density at radius 2 is 1.86 bits per heavy atom. The Labute approximate surface area is 203 Å². The summed E-state index contributed by atoms with van der Waals surface area (Å²) in [6, 6.07) is 15.1. The van der Waals surface area contributed by atoms with E-state index in [9.17, 15) is 19.1 Å². The summed E-state index contributed by atoms with van der Waals surface area (Å²) in [5.74, 6) is -0.247. The highest BCUT2D eigenvalue weighted by molar-refractivity contribution is 5.94. The van der Waals surface area contributed by atoms with E-state index < -0.39 is 6.04 Å². The van der Waals surface area contributed by atoms with E-state index in [1.54, 1.807) is 36.1 Å². The van der Waals surface area contributed by atoms with E-state index in [1.165, 1.54) is 12.1 Å². The van der Waals surface area contributed by atoms with Crippen molar-refractivity contribution in [3.63, 3.8) is 0 Å². The predicted molar refractivity (Wildman–Crippen MR) is 133 cm³/mol. The lowest BCUT2D eigenvalue weighted by molar-refractivity contribution is -0.122. The second-order valence-corrected chi connectivity index (χ2v) is 9.41. The third kappa shape index (κ3) is 4.58. The Bertz CT molecular complexity index is 1310. The van der Waals surface area contributed by atoms with Crippen molar-refractivity contribution in [2.45, 2.75) is 45.2 Å². The lowest BCUT2D eigenvalue weighted by Gasteiger charge is -2.35. The van der Waals surface area contributed by atoms with Gasteiger partial charge >= 0.3 is 0 Å².